The third-order valence-corrected chi connectivity index (χ3v) is 4.02. The largest absolute Gasteiger partial charge is 0.496 e. The van der Waals surface area contributed by atoms with Gasteiger partial charge in [0.15, 0.2) is 5.96 Å². The van der Waals surface area contributed by atoms with Gasteiger partial charge in [0.2, 0.25) is 0 Å². The molecule has 1 rings (SSSR count). The number of unbranched alkanes of at least 4 members (excludes halogenated alkanes) is 3. The molecule has 0 radical (unpaired) electrons. The first-order valence-electron chi connectivity index (χ1n) is 9.34. The van der Waals surface area contributed by atoms with Gasteiger partial charge in [0.1, 0.15) is 5.75 Å². The fourth-order valence-corrected chi connectivity index (χ4v) is 2.59. The van der Waals surface area contributed by atoms with E-state index in [0.29, 0.717) is 19.6 Å². The van der Waals surface area contributed by atoms with Crippen molar-refractivity contribution >= 4 is 11.9 Å². The number of guanidine groups is 1. The van der Waals surface area contributed by atoms with E-state index in [9.17, 15) is 4.79 Å². The van der Waals surface area contributed by atoms with Crippen molar-refractivity contribution in [3.8, 4) is 5.75 Å². The minimum Gasteiger partial charge on any atom is -0.496 e. The van der Waals surface area contributed by atoms with Crippen LogP contribution >= 0.6 is 0 Å². The molecule has 0 saturated heterocycles. The molecule has 6 nitrogen and oxygen atoms in total. The summed E-state index contributed by atoms with van der Waals surface area (Å²) in [6.07, 6.45) is 4.56. The Balaban J connectivity index is 2.21. The molecule has 0 spiro atoms. The molecular weight excluding hydrogens is 330 g/mol. The lowest BCUT2D eigenvalue weighted by molar-refractivity contribution is -0.143. The van der Waals surface area contributed by atoms with Crippen LogP contribution in [0.5, 0.6) is 5.75 Å². The minimum atomic E-state index is -0.0956. The Morgan fingerprint density at radius 3 is 2.62 bits per heavy atom. The number of methoxy groups -OCH3 is 1. The fraction of sp³-hybridized carbons (Fsp3) is 0.600. The normalized spacial score (nSPS) is 11.2. The Hall–Kier alpha value is -2.24. The van der Waals surface area contributed by atoms with Crippen LogP contribution in [0.3, 0.4) is 0 Å². The van der Waals surface area contributed by atoms with Crippen LogP contribution in [-0.4, -0.2) is 39.2 Å². The van der Waals surface area contributed by atoms with Crippen LogP contribution in [-0.2, 0) is 16.1 Å². The number of rotatable bonds is 11. The monoisotopic (exact) mass is 363 g/mol. The lowest BCUT2D eigenvalue weighted by atomic mass is 10.1. The molecule has 26 heavy (non-hydrogen) atoms. The maximum absolute atomic E-state index is 11.2. The Labute approximate surface area is 157 Å². The smallest absolute Gasteiger partial charge is 0.305 e. The topological polar surface area (TPSA) is 72.0 Å². The van der Waals surface area contributed by atoms with E-state index in [4.69, 9.17) is 9.47 Å². The van der Waals surface area contributed by atoms with Crippen molar-refractivity contribution in [2.24, 2.45) is 4.99 Å². The zero-order valence-electron chi connectivity index (χ0n) is 16.6. The van der Waals surface area contributed by atoms with Gasteiger partial charge in [0.25, 0.3) is 0 Å². The van der Waals surface area contributed by atoms with Gasteiger partial charge in [-0.05, 0) is 38.3 Å². The molecule has 0 aliphatic heterocycles. The van der Waals surface area contributed by atoms with Crippen molar-refractivity contribution in [2.45, 2.75) is 52.5 Å². The molecule has 0 unspecified atom stereocenters. The van der Waals surface area contributed by atoms with E-state index < -0.39 is 0 Å². The van der Waals surface area contributed by atoms with Crippen LogP contribution in [0.4, 0.5) is 0 Å². The highest BCUT2D eigenvalue weighted by molar-refractivity contribution is 5.79. The fourth-order valence-electron chi connectivity index (χ4n) is 2.59. The first kappa shape index (κ1) is 21.8. The van der Waals surface area contributed by atoms with Crippen molar-refractivity contribution in [1.82, 2.24) is 10.6 Å². The summed E-state index contributed by atoms with van der Waals surface area (Å²) >= 11 is 0. The Kier molecular flexibility index (Phi) is 10.9. The first-order valence-corrected chi connectivity index (χ1v) is 9.34. The van der Waals surface area contributed by atoms with E-state index in [2.05, 4.69) is 27.8 Å². The molecule has 1 aromatic rings. The van der Waals surface area contributed by atoms with E-state index in [1.807, 2.05) is 19.9 Å². The van der Waals surface area contributed by atoms with Gasteiger partial charge < -0.3 is 20.1 Å². The van der Waals surface area contributed by atoms with Crippen molar-refractivity contribution in [1.29, 1.82) is 0 Å². The molecule has 0 fully saturated rings. The second kappa shape index (κ2) is 13.0. The van der Waals surface area contributed by atoms with Gasteiger partial charge in [0, 0.05) is 32.1 Å². The van der Waals surface area contributed by atoms with Crippen LogP contribution in [0.1, 0.15) is 50.2 Å². The van der Waals surface area contributed by atoms with E-state index in [-0.39, 0.29) is 5.97 Å². The zero-order valence-corrected chi connectivity index (χ0v) is 16.6. The summed E-state index contributed by atoms with van der Waals surface area (Å²) in [4.78, 5) is 15.5. The highest BCUT2D eigenvalue weighted by Crippen LogP contribution is 2.19. The van der Waals surface area contributed by atoms with Crippen molar-refractivity contribution in [2.75, 3.05) is 27.3 Å². The molecule has 6 heteroatoms. The van der Waals surface area contributed by atoms with Gasteiger partial charge >= 0.3 is 5.97 Å². The summed E-state index contributed by atoms with van der Waals surface area (Å²) in [5.74, 6) is 1.57. The molecule has 0 heterocycles. The van der Waals surface area contributed by atoms with Crippen LogP contribution in [0.2, 0.25) is 0 Å². The van der Waals surface area contributed by atoms with E-state index in [0.717, 1.165) is 49.5 Å². The molecule has 1 aromatic carbocycles. The second-order valence-corrected chi connectivity index (χ2v) is 6.14. The number of carbonyl (C=O) groups excluding carboxylic acids is 1. The van der Waals surface area contributed by atoms with Crippen molar-refractivity contribution < 1.29 is 14.3 Å². The number of hydrogen-bond donors (Lipinski definition) is 2. The summed E-state index contributed by atoms with van der Waals surface area (Å²) in [5.41, 5.74) is 2.27. The van der Waals surface area contributed by atoms with Crippen LogP contribution in [0, 0.1) is 6.92 Å². The van der Waals surface area contributed by atoms with Gasteiger partial charge in [-0.1, -0.05) is 25.0 Å². The maximum Gasteiger partial charge on any atom is 0.305 e. The highest BCUT2D eigenvalue weighted by Gasteiger charge is 2.05. The third-order valence-electron chi connectivity index (χ3n) is 4.02. The van der Waals surface area contributed by atoms with Gasteiger partial charge in [-0.3, -0.25) is 9.79 Å². The SMILES string of the molecule is CCOC(=O)CCCCCCNC(=NC)NCc1ccc(C)cc1OC. The number of aliphatic imine (C=N–C) groups is 1. The summed E-state index contributed by atoms with van der Waals surface area (Å²) in [6.45, 7) is 5.85. The van der Waals surface area contributed by atoms with Crippen molar-refractivity contribution in [3.05, 3.63) is 29.3 Å². The summed E-state index contributed by atoms with van der Waals surface area (Å²) in [6, 6.07) is 6.17. The van der Waals surface area contributed by atoms with Crippen LogP contribution in [0.25, 0.3) is 0 Å². The molecule has 0 amide bonds. The van der Waals surface area contributed by atoms with Gasteiger partial charge in [-0.2, -0.15) is 0 Å². The molecule has 0 saturated carbocycles. The Bertz CT molecular complexity index is 573. The summed E-state index contributed by atoms with van der Waals surface area (Å²) in [7, 11) is 3.45. The Morgan fingerprint density at radius 2 is 1.92 bits per heavy atom. The Morgan fingerprint density at radius 1 is 1.15 bits per heavy atom. The number of hydrogen-bond acceptors (Lipinski definition) is 4. The highest BCUT2D eigenvalue weighted by atomic mass is 16.5. The molecule has 146 valence electrons. The molecule has 2 N–H and O–H groups in total. The first-order chi connectivity index (χ1) is 12.6. The number of esters is 1. The van der Waals surface area contributed by atoms with E-state index in [1.54, 1.807) is 14.2 Å². The molecule has 0 bridgehead atoms. The molecule has 0 atom stereocenters. The standard InChI is InChI=1S/C20H33N3O3/c1-5-26-19(24)10-8-6-7-9-13-22-20(21-3)23-15-17-12-11-16(2)14-18(17)25-4/h11-12,14H,5-10,13,15H2,1-4H3,(H2,21,22,23). The average Bonchev–Trinajstić information content (AvgIpc) is 2.64. The number of ether oxygens (including phenoxy) is 2. The average molecular weight is 364 g/mol. The third kappa shape index (κ3) is 8.74. The molecule has 0 aliphatic rings. The summed E-state index contributed by atoms with van der Waals surface area (Å²) < 4.78 is 10.3. The van der Waals surface area contributed by atoms with Gasteiger partial charge in [-0.25, -0.2) is 0 Å². The maximum atomic E-state index is 11.2. The lowest BCUT2D eigenvalue weighted by Gasteiger charge is -2.14. The summed E-state index contributed by atoms with van der Waals surface area (Å²) in [5, 5.41) is 6.62. The molecule has 0 aromatic heterocycles. The lowest BCUT2D eigenvalue weighted by Crippen LogP contribution is -2.37. The second-order valence-electron chi connectivity index (χ2n) is 6.14. The predicted molar refractivity (Wildman–Crippen MR) is 106 cm³/mol. The quantitative estimate of drug-likeness (QED) is 0.273. The minimum absolute atomic E-state index is 0.0956. The number of carbonyl (C=O) groups is 1. The van der Waals surface area contributed by atoms with Crippen molar-refractivity contribution in [3.63, 3.8) is 0 Å². The zero-order chi connectivity index (χ0) is 19.2. The molecular formula is C20H33N3O3. The number of nitrogens with zero attached hydrogens (tertiary/aromatic N) is 1. The predicted octanol–water partition coefficient (Wildman–Crippen LogP) is 3.18. The van der Waals surface area contributed by atoms with Crippen LogP contribution in [0.15, 0.2) is 23.2 Å². The molecule has 0 aliphatic carbocycles. The van der Waals surface area contributed by atoms with Crippen LogP contribution < -0.4 is 15.4 Å². The van der Waals surface area contributed by atoms with E-state index >= 15 is 0 Å². The van der Waals surface area contributed by atoms with Gasteiger partial charge in [-0.15, -0.1) is 0 Å². The number of nitrogens with one attached hydrogen (secondary N) is 2. The number of aryl methyl sites for hydroxylation is 1. The number of benzene rings is 1. The van der Waals surface area contributed by atoms with Gasteiger partial charge in [0.05, 0.1) is 13.7 Å². The van der Waals surface area contributed by atoms with E-state index in [1.165, 1.54) is 5.56 Å².